The highest BCUT2D eigenvalue weighted by Crippen LogP contribution is 2.37. The highest BCUT2D eigenvalue weighted by atomic mass is 32.2. The number of nitrogens with one attached hydrogen (secondary N) is 1. The van der Waals surface area contributed by atoms with E-state index < -0.39 is 10.0 Å². The van der Waals surface area contributed by atoms with Crippen LogP contribution in [0, 0.1) is 0 Å². The minimum absolute atomic E-state index is 0.131. The van der Waals surface area contributed by atoms with Gasteiger partial charge in [0.25, 0.3) is 0 Å². The average Bonchev–Trinajstić information content (AvgIpc) is 2.79. The number of hydrogen-bond acceptors (Lipinski definition) is 6. The lowest BCUT2D eigenvalue weighted by Gasteiger charge is -2.18. The summed E-state index contributed by atoms with van der Waals surface area (Å²) < 4.78 is 36.7. The fraction of sp³-hybridized carbons (Fsp3) is 0.480. The van der Waals surface area contributed by atoms with E-state index in [1.165, 1.54) is 31.7 Å². The van der Waals surface area contributed by atoms with Gasteiger partial charge in [-0.1, -0.05) is 70.6 Å². The van der Waals surface area contributed by atoms with Crippen molar-refractivity contribution in [2.75, 3.05) is 18.5 Å². The molecule has 0 saturated heterocycles. The Morgan fingerprint density at radius 3 is 2.30 bits per heavy atom. The van der Waals surface area contributed by atoms with E-state index in [0.29, 0.717) is 30.2 Å². The first-order valence-corrected chi connectivity index (χ1v) is 13.7. The van der Waals surface area contributed by atoms with E-state index >= 15 is 0 Å². The normalized spacial score (nSPS) is 11.2. The summed E-state index contributed by atoms with van der Waals surface area (Å²) in [5.41, 5.74) is 0.999. The molecular formula is C25H36N2O4S2. The van der Waals surface area contributed by atoms with Crippen molar-refractivity contribution in [3.8, 4) is 11.5 Å². The van der Waals surface area contributed by atoms with Gasteiger partial charge in [-0.25, -0.2) is 13.6 Å². The number of benzene rings is 2. The molecule has 0 fully saturated rings. The van der Waals surface area contributed by atoms with Crippen molar-refractivity contribution < 1.29 is 17.9 Å². The largest absolute Gasteiger partial charge is 0.483 e. The number of rotatable bonds is 15. The molecule has 0 radical (unpaired) electrons. The molecule has 8 heteroatoms. The summed E-state index contributed by atoms with van der Waals surface area (Å²) in [4.78, 5) is -0.131. The van der Waals surface area contributed by atoms with Crippen LogP contribution < -0.4 is 15.2 Å². The van der Waals surface area contributed by atoms with Crippen LogP contribution in [0.4, 0.5) is 5.69 Å². The highest BCUT2D eigenvalue weighted by molar-refractivity contribution is 7.89. The number of para-hydroxylation sites is 1. The molecule has 0 heterocycles. The molecule has 182 valence electrons. The SMILES string of the molecule is CCCCCCCCOC(=S)c1cc(NCCCC)c(Oc2ccccc2)c(S(N)(=O)=O)c1. The van der Waals surface area contributed by atoms with Crippen molar-refractivity contribution in [2.45, 2.75) is 70.1 Å². The van der Waals surface area contributed by atoms with Gasteiger partial charge in [-0.15, -0.1) is 0 Å². The van der Waals surface area contributed by atoms with Crippen LogP contribution in [0.1, 0.15) is 70.8 Å². The Balaban J connectivity index is 2.26. The summed E-state index contributed by atoms with van der Waals surface area (Å²) >= 11 is 5.46. The molecule has 0 saturated carbocycles. The van der Waals surface area contributed by atoms with Crippen molar-refractivity contribution >= 4 is 33.0 Å². The van der Waals surface area contributed by atoms with Crippen LogP contribution in [0.3, 0.4) is 0 Å². The van der Waals surface area contributed by atoms with Crippen molar-refractivity contribution in [3.05, 3.63) is 48.0 Å². The van der Waals surface area contributed by atoms with Gasteiger partial charge in [0.1, 0.15) is 10.6 Å². The molecular weight excluding hydrogens is 456 g/mol. The van der Waals surface area contributed by atoms with Gasteiger partial charge >= 0.3 is 0 Å². The summed E-state index contributed by atoms with van der Waals surface area (Å²) in [5, 5.41) is 9.09. The number of unbranched alkanes of at least 4 members (excludes halogenated alkanes) is 6. The molecule has 2 rings (SSSR count). The Hall–Kier alpha value is -2.16. The zero-order valence-corrected chi connectivity index (χ0v) is 21.3. The predicted octanol–water partition coefficient (Wildman–Crippen LogP) is 6.39. The maximum atomic E-state index is 12.5. The Morgan fingerprint density at radius 2 is 1.64 bits per heavy atom. The van der Waals surface area contributed by atoms with E-state index in [0.717, 1.165) is 25.7 Å². The molecule has 0 aromatic heterocycles. The van der Waals surface area contributed by atoms with Gasteiger partial charge < -0.3 is 14.8 Å². The summed E-state index contributed by atoms with van der Waals surface area (Å²) in [6.45, 7) is 5.43. The first-order valence-electron chi connectivity index (χ1n) is 11.7. The lowest BCUT2D eigenvalue weighted by atomic mass is 10.1. The molecule has 0 unspecified atom stereocenters. The molecule has 0 atom stereocenters. The lowest BCUT2D eigenvalue weighted by Crippen LogP contribution is -2.17. The molecule has 3 N–H and O–H groups in total. The summed E-state index contributed by atoms with van der Waals surface area (Å²) in [5.74, 6) is 0.665. The van der Waals surface area contributed by atoms with Crippen molar-refractivity contribution in [1.82, 2.24) is 0 Å². The Morgan fingerprint density at radius 1 is 0.970 bits per heavy atom. The Labute approximate surface area is 203 Å². The summed E-state index contributed by atoms with van der Waals surface area (Å²) in [7, 11) is -4.08. The van der Waals surface area contributed by atoms with Crippen LogP contribution in [0.2, 0.25) is 0 Å². The van der Waals surface area contributed by atoms with Gasteiger partial charge in [-0.05, 0) is 49.3 Å². The molecule has 0 bridgehead atoms. The standard InChI is InChI=1S/C25H36N2O4S2/c1-3-5-7-8-9-13-17-30-25(32)20-18-22(27-16-6-4-2)24(23(19-20)33(26,28)29)31-21-14-11-10-12-15-21/h10-12,14-15,18-19,27H,3-9,13,16-17H2,1-2H3,(H2,26,28,29). The second-order valence-electron chi connectivity index (χ2n) is 8.00. The van der Waals surface area contributed by atoms with E-state index in [-0.39, 0.29) is 15.7 Å². The third-order valence-corrected chi connectivity index (χ3v) is 6.41. The number of thiocarbonyl (C=S) groups is 1. The first-order chi connectivity index (χ1) is 15.9. The van der Waals surface area contributed by atoms with E-state index in [1.807, 2.05) is 18.2 Å². The fourth-order valence-electron chi connectivity index (χ4n) is 3.30. The number of hydrogen-bond donors (Lipinski definition) is 2. The number of anilines is 1. The number of ether oxygens (including phenoxy) is 2. The topological polar surface area (TPSA) is 90.7 Å². The fourth-order valence-corrected chi connectivity index (χ4v) is 4.21. The van der Waals surface area contributed by atoms with E-state index in [4.69, 9.17) is 26.8 Å². The van der Waals surface area contributed by atoms with Crippen molar-refractivity contribution in [2.24, 2.45) is 5.14 Å². The van der Waals surface area contributed by atoms with Gasteiger partial charge in [0.05, 0.1) is 12.3 Å². The van der Waals surface area contributed by atoms with E-state index in [1.54, 1.807) is 18.2 Å². The molecule has 2 aromatic rings. The summed E-state index contributed by atoms with van der Waals surface area (Å²) in [6.07, 6.45) is 8.76. The monoisotopic (exact) mass is 492 g/mol. The van der Waals surface area contributed by atoms with Crippen LogP contribution in [0.5, 0.6) is 11.5 Å². The minimum atomic E-state index is -4.08. The van der Waals surface area contributed by atoms with Gasteiger partial charge in [0.15, 0.2) is 10.8 Å². The maximum Gasteiger partial charge on any atom is 0.241 e. The van der Waals surface area contributed by atoms with E-state index in [2.05, 4.69) is 19.2 Å². The zero-order chi connectivity index (χ0) is 24.1. The molecule has 2 aromatic carbocycles. The zero-order valence-electron chi connectivity index (χ0n) is 19.6. The number of primary sulfonamides is 1. The molecule has 33 heavy (non-hydrogen) atoms. The second kappa shape index (κ2) is 14.2. The maximum absolute atomic E-state index is 12.5. The second-order valence-corrected chi connectivity index (χ2v) is 9.90. The van der Waals surface area contributed by atoms with Crippen LogP contribution in [-0.4, -0.2) is 26.6 Å². The van der Waals surface area contributed by atoms with Crippen molar-refractivity contribution in [3.63, 3.8) is 0 Å². The molecule has 0 aliphatic rings. The van der Waals surface area contributed by atoms with Crippen LogP contribution in [0.25, 0.3) is 0 Å². The summed E-state index contributed by atoms with van der Waals surface area (Å²) in [6, 6.07) is 12.2. The van der Waals surface area contributed by atoms with Gasteiger partial charge in [0, 0.05) is 12.1 Å². The van der Waals surface area contributed by atoms with Gasteiger partial charge in [-0.2, -0.15) is 0 Å². The molecule has 0 aliphatic heterocycles. The first kappa shape index (κ1) is 27.1. The van der Waals surface area contributed by atoms with Gasteiger partial charge in [0.2, 0.25) is 10.0 Å². The molecule has 0 amide bonds. The minimum Gasteiger partial charge on any atom is -0.483 e. The molecule has 6 nitrogen and oxygen atoms in total. The van der Waals surface area contributed by atoms with Crippen LogP contribution in [0.15, 0.2) is 47.4 Å². The van der Waals surface area contributed by atoms with Crippen molar-refractivity contribution in [1.29, 1.82) is 0 Å². The average molecular weight is 493 g/mol. The van der Waals surface area contributed by atoms with Gasteiger partial charge in [-0.3, -0.25) is 0 Å². The smallest absolute Gasteiger partial charge is 0.241 e. The lowest BCUT2D eigenvalue weighted by molar-refractivity contribution is 0.300. The predicted molar refractivity (Wildman–Crippen MR) is 139 cm³/mol. The quantitative estimate of drug-likeness (QED) is 0.221. The number of nitrogens with two attached hydrogens (primary N) is 1. The molecule has 0 aliphatic carbocycles. The Bertz CT molecular complexity index is 979. The third kappa shape index (κ3) is 9.31. The van der Waals surface area contributed by atoms with Crippen LogP contribution >= 0.6 is 12.2 Å². The Kier molecular flexibility index (Phi) is 11.6. The van der Waals surface area contributed by atoms with E-state index in [9.17, 15) is 8.42 Å². The third-order valence-electron chi connectivity index (χ3n) is 5.14. The highest BCUT2D eigenvalue weighted by Gasteiger charge is 2.23. The molecule has 0 spiro atoms. The number of sulfonamides is 1. The van der Waals surface area contributed by atoms with Crippen LogP contribution in [-0.2, 0) is 14.8 Å².